The number of aryl methyl sites for hydroxylation is 2. The maximum Gasteiger partial charge on any atom is 0.262 e. The fourth-order valence-corrected chi connectivity index (χ4v) is 5.83. The van der Waals surface area contributed by atoms with Gasteiger partial charge in [-0.15, -0.1) is 0 Å². The molecule has 0 aliphatic rings. The van der Waals surface area contributed by atoms with Crippen molar-refractivity contribution in [3.05, 3.63) is 82.9 Å². The summed E-state index contributed by atoms with van der Waals surface area (Å²) < 4.78 is 53.9. The van der Waals surface area contributed by atoms with E-state index in [0.717, 1.165) is 17.5 Å². The third-order valence-electron chi connectivity index (χ3n) is 4.75. The molecule has 0 unspecified atom stereocenters. The Morgan fingerprint density at radius 1 is 0.767 bits per heavy atom. The minimum Gasteiger partial charge on any atom is -0.280 e. The van der Waals surface area contributed by atoms with Crippen LogP contribution in [0.3, 0.4) is 0 Å². The Hall–Kier alpha value is -2.35. The Bertz CT molecular complexity index is 1250. The van der Waals surface area contributed by atoms with Crippen molar-refractivity contribution in [3.8, 4) is 0 Å². The van der Waals surface area contributed by atoms with Gasteiger partial charge in [-0.1, -0.05) is 37.6 Å². The van der Waals surface area contributed by atoms with Crippen molar-refractivity contribution in [1.82, 2.24) is 0 Å². The molecular formula is C22H22ClNO4S2. The lowest BCUT2D eigenvalue weighted by atomic mass is 10.1. The third kappa shape index (κ3) is 4.69. The van der Waals surface area contributed by atoms with Gasteiger partial charge < -0.3 is 0 Å². The minimum absolute atomic E-state index is 0.0648. The second kappa shape index (κ2) is 8.79. The number of halogens is 1. The Kier molecular flexibility index (Phi) is 6.55. The summed E-state index contributed by atoms with van der Waals surface area (Å²) in [6.07, 6.45) is 1.31. The molecule has 0 aliphatic heterocycles. The molecule has 3 rings (SSSR count). The van der Waals surface area contributed by atoms with Crippen LogP contribution in [0.2, 0.25) is 5.02 Å². The van der Waals surface area contributed by atoms with E-state index in [-0.39, 0.29) is 20.4 Å². The normalized spacial score (nSPS) is 12.0. The van der Waals surface area contributed by atoms with Crippen molar-refractivity contribution in [2.75, 3.05) is 4.72 Å². The van der Waals surface area contributed by atoms with Crippen LogP contribution in [0.5, 0.6) is 0 Å². The Morgan fingerprint density at radius 3 is 1.87 bits per heavy atom. The van der Waals surface area contributed by atoms with Gasteiger partial charge >= 0.3 is 0 Å². The lowest BCUT2D eigenvalue weighted by Gasteiger charge is -2.13. The van der Waals surface area contributed by atoms with E-state index < -0.39 is 19.9 Å². The van der Waals surface area contributed by atoms with Gasteiger partial charge in [0.15, 0.2) is 0 Å². The summed E-state index contributed by atoms with van der Waals surface area (Å²) in [5.41, 5.74) is 1.94. The van der Waals surface area contributed by atoms with E-state index in [2.05, 4.69) is 4.72 Å². The molecule has 0 amide bonds. The number of benzene rings is 3. The van der Waals surface area contributed by atoms with Crippen LogP contribution in [-0.4, -0.2) is 16.8 Å². The number of sulfonamides is 1. The van der Waals surface area contributed by atoms with Crippen molar-refractivity contribution in [2.45, 2.75) is 41.4 Å². The molecule has 3 aromatic carbocycles. The smallest absolute Gasteiger partial charge is 0.262 e. The fourth-order valence-electron chi connectivity index (χ4n) is 3.02. The highest BCUT2D eigenvalue weighted by Gasteiger charge is 2.20. The molecule has 3 aromatic rings. The van der Waals surface area contributed by atoms with Crippen molar-refractivity contribution in [2.24, 2.45) is 0 Å². The number of sulfone groups is 1. The van der Waals surface area contributed by atoms with Crippen LogP contribution in [0, 0.1) is 0 Å². The average Bonchev–Trinajstić information content (AvgIpc) is 2.73. The van der Waals surface area contributed by atoms with Gasteiger partial charge in [-0.3, -0.25) is 4.72 Å². The van der Waals surface area contributed by atoms with Gasteiger partial charge in [0.1, 0.15) is 0 Å². The summed E-state index contributed by atoms with van der Waals surface area (Å²) in [6.45, 7) is 3.86. The molecule has 30 heavy (non-hydrogen) atoms. The first-order chi connectivity index (χ1) is 14.2. The summed E-state index contributed by atoms with van der Waals surface area (Å²) in [4.78, 5) is 0.418. The largest absolute Gasteiger partial charge is 0.280 e. The zero-order chi connectivity index (χ0) is 21.9. The van der Waals surface area contributed by atoms with Crippen LogP contribution in [0.15, 0.2) is 81.4 Å². The van der Waals surface area contributed by atoms with Gasteiger partial charge in [-0.05, 0) is 78.6 Å². The molecule has 0 atom stereocenters. The number of nitrogens with one attached hydrogen (secondary N) is 1. The molecule has 0 saturated carbocycles. The summed E-state index contributed by atoms with van der Waals surface area (Å²) in [6, 6.07) is 17.0. The Morgan fingerprint density at radius 2 is 1.33 bits per heavy atom. The maximum atomic E-state index is 12.9. The molecule has 0 aromatic heterocycles. The summed E-state index contributed by atoms with van der Waals surface area (Å²) in [5, 5.41) is 0.442. The van der Waals surface area contributed by atoms with Crippen LogP contribution < -0.4 is 4.72 Å². The lowest BCUT2D eigenvalue weighted by molar-refractivity contribution is 0.596. The summed E-state index contributed by atoms with van der Waals surface area (Å²) in [5.74, 6) is 0. The van der Waals surface area contributed by atoms with Crippen LogP contribution >= 0.6 is 11.6 Å². The van der Waals surface area contributed by atoms with Gasteiger partial charge in [0, 0.05) is 10.7 Å². The monoisotopic (exact) mass is 463 g/mol. The molecule has 1 N–H and O–H groups in total. The van der Waals surface area contributed by atoms with Crippen LogP contribution in [0.25, 0.3) is 0 Å². The second-order valence-electron chi connectivity index (χ2n) is 6.74. The highest BCUT2D eigenvalue weighted by Crippen LogP contribution is 2.26. The predicted molar refractivity (Wildman–Crippen MR) is 119 cm³/mol. The highest BCUT2D eigenvalue weighted by atomic mass is 35.5. The van der Waals surface area contributed by atoms with E-state index in [1.807, 2.05) is 26.0 Å². The average molecular weight is 464 g/mol. The molecule has 0 radical (unpaired) electrons. The van der Waals surface area contributed by atoms with Crippen LogP contribution in [0.1, 0.15) is 25.0 Å². The Balaban J connectivity index is 1.89. The van der Waals surface area contributed by atoms with Crippen molar-refractivity contribution in [3.63, 3.8) is 0 Å². The van der Waals surface area contributed by atoms with E-state index >= 15 is 0 Å². The zero-order valence-electron chi connectivity index (χ0n) is 16.6. The first-order valence-corrected chi connectivity index (χ1v) is 12.8. The molecule has 0 saturated heterocycles. The van der Waals surface area contributed by atoms with E-state index in [1.165, 1.54) is 48.5 Å². The van der Waals surface area contributed by atoms with Crippen molar-refractivity contribution >= 4 is 37.1 Å². The van der Waals surface area contributed by atoms with Gasteiger partial charge in [0.2, 0.25) is 9.84 Å². The SMILES string of the molecule is CCc1ccc(CC)c(S(=O)(=O)Nc2ccc(S(=O)(=O)c3ccc(Cl)cc3)cc2)c1. The second-order valence-corrected chi connectivity index (χ2v) is 10.8. The third-order valence-corrected chi connectivity index (χ3v) is 8.25. The van der Waals surface area contributed by atoms with Crippen molar-refractivity contribution < 1.29 is 16.8 Å². The number of anilines is 1. The predicted octanol–water partition coefficient (Wildman–Crippen LogP) is 5.10. The molecule has 0 aliphatic carbocycles. The van der Waals surface area contributed by atoms with E-state index in [4.69, 9.17) is 11.6 Å². The minimum atomic E-state index is -3.81. The van der Waals surface area contributed by atoms with Crippen LogP contribution in [-0.2, 0) is 32.7 Å². The number of hydrogen-bond donors (Lipinski definition) is 1. The fraction of sp³-hybridized carbons (Fsp3) is 0.182. The van der Waals surface area contributed by atoms with Gasteiger partial charge in [-0.25, -0.2) is 16.8 Å². The topological polar surface area (TPSA) is 80.3 Å². The first-order valence-electron chi connectivity index (χ1n) is 9.42. The highest BCUT2D eigenvalue weighted by molar-refractivity contribution is 7.92. The molecule has 5 nitrogen and oxygen atoms in total. The summed E-state index contributed by atoms with van der Waals surface area (Å²) >= 11 is 5.82. The van der Waals surface area contributed by atoms with Crippen molar-refractivity contribution in [1.29, 1.82) is 0 Å². The van der Waals surface area contributed by atoms with Gasteiger partial charge in [-0.2, -0.15) is 0 Å². The van der Waals surface area contributed by atoms with Gasteiger partial charge in [0.05, 0.1) is 14.7 Å². The molecule has 8 heteroatoms. The standard InChI is InChI=1S/C22H22ClNO4S2/c1-3-16-5-6-17(4-2)22(15-16)30(27,28)24-19-9-13-21(14-10-19)29(25,26)20-11-7-18(23)8-12-20/h5-15,24H,3-4H2,1-2H3. The zero-order valence-corrected chi connectivity index (χ0v) is 19.0. The Labute approximate surface area is 182 Å². The quantitative estimate of drug-likeness (QED) is 0.528. The molecule has 0 fully saturated rings. The molecule has 0 spiro atoms. The molecular weight excluding hydrogens is 442 g/mol. The van der Waals surface area contributed by atoms with Gasteiger partial charge in [0.25, 0.3) is 10.0 Å². The molecule has 0 bridgehead atoms. The van der Waals surface area contributed by atoms with E-state index in [9.17, 15) is 16.8 Å². The lowest BCUT2D eigenvalue weighted by Crippen LogP contribution is -2.15. The summed E-state index contributed by atoms with van der Waals surface area (Å²) in [7, 11) is -7.53. The maximum absolute atomic E-state index is 12.9. The molecule has 0 heterocycles. The van der Waals surface area contributed by atoms with E-state index in [0.29, 0.717) is 11.4 Å². The first kappa shape index (κ1) is 22.3. The number of rotatable bonds is 7. The van der Waals surface area contributed by atoms with E-state index in [1.54, 1.807) is 6.07 Å². The number of hydrogen-bond acceptors (Lipinski definition) is 4. The molecule has 158 valence electrons. The van der Waals surface area contributed by atoms with Crippen LogP contribution in [0.4, 0.5) is 5.69 Å².